The Morgan fingerprint density at radius 2 is 1.85 bits per heavy atom. The Balaban J connectivity index is 3.42. The molecule has 0 unspecified atom stereocenters. The van der Waals surface area contributed by atoms with Crippen molar-refractivity contribution in [1.29, 1.82) is 0 Å². The second kappa shape index (κ2) is 8.93. The molecule has 0 radical (unpaired) electrons. The van der Waals surface area contributed by atoms with Gasteiger partial charge in [-0.2, -0.15) is 4.31 Å². The van der Waals surface area contributed by atoms with Crippen LogP contribution >= 0.6 is 0 Å². The third-order valence-electron chi connectivity index (χ3n) is 3.28. The van der Waals surface area contributed by atoms with Gasteiger partial charge in [-0.05, 0) is 25.5 Å². The van der Waals surface area contributed by atoms with Crippen LogP contribution in [0, 0.1) is 10.1 Å². The minimum absolute atomic E-state index is 0.0110. The molecule has 12 nitrogen and oxygen atoms in total. The summed E-state index contributed by atoms with van der Waals surface area (Å²) in [7, 11) is -4.75. The first kappa shape index (κ1) is 21.8. The zero-order chi connectivity index (χ0) is 20.8. The van der Waals surface area contributed by atoms with Crippen LogP contribution in [0.1, 0.15) is 19.8 Å². The van der Waals surface area contributed by atoms with Gasteiger partial charge in [0.1, 0.15) is 6.04 Å². The molecule has 0 aliphatic rings. The summed E-state index contributed by atoms with van der Waals surface area (Å²) >= 11 is 0. The van der Waals surface area contributed by atoms with Crippen molar-refractivity contribution in [1.82, 2.24) is 4.31 Å². The van der Waals surface area contributed by atoms with Crippen molar-refractivity contribution in [2.45, 2.75) is 30.7 Å². The van der Waals surface area contributed by atoms with E-state index in [1.807, 2.05) is 0 Å². The maximum Gasteiger partial charge on any atom is 0.424 e. The number of nitro benzene ring substituents is 1. The summed E-state index contributed by atoms with van der Waals surface area (Å²) in [5, 5.41) is 20.0. The summed E-state index contributed by atoms with van der Waals surface area (Å²) in [6.07, 6.45) is -2.54. The number of rotatable bonds is 9. The summed E-state index contributed by atoms with van der Waals surface area (Å²) in [5.74, 6) is -2.59. The molecule has 0 heterocycles. The van der Waals surface area contributed by atoms with Crippen molar-refractivity contribution in [2.75, 3.05) is 6.61 Å². The fourth-order valence-corrected chi connectivity index (χ4v) is 3.54. The number of aliphatic carboxylic acids is 1. The number of benzene rings is 1. The SMILES string of the molecule is CCOC(=O)N([C@@H](CCC(N)=O)C(=O)O)S(=O)(=O)c1ccc([N+](=O)[O-])cc1. The first-order valence-corrected chi connectivity index (χ1v) is 8.93. The number of nitro groups is 1. The molecule has 0 saturated carbocycles. The van der Waals surface area contributed by atoms with E-state index in [0.717, 1.165) is 24.3 Å². The minimum Gasteiger partial charge on any atom is -0.480 e. The summed E-state index contributed by atoms with van der Waals surface area (Å²) < 4.78 is 30.2. The highest BCUT2D eigenvalue weighted by Gasteiger charge is 2.41. The number of nitrogens with two attached hydrogens (primary N) is 1. The van der Waals surface area contributed by atoms with E-state index >= 15 is 0 Å². The molecule has 0 aliphatic heterocycles. The van der Waals surface area contributed by atoms with Gasteiger partial charge in [-0.15, -0.1) is 0 Å². The molecule has 1 aromatic carbocycles. The molecule has 27 heavy (non-hydrogen) atoms. The summed E-state index contributed by atoms with van der Waals surface area (Å²) in [4.78, 5) is 44.0. The topological polar surface area (TPSA) is 187 Å². The molecule has 0 bridgehead atoms. The molecule has 0 aliphatic carbocycles. The number of sulfonamides is 1. The highest BCUT2D eigenvalue weighted by atomic mass is 32.2. The number of amides is 2. The second-order valence-electron chi connectivity index (χ2n) is 5.11. The number of carboxylic acids is 1. The lowest BCUT2D eigenvalue weighted by atomic mass is 10.1. The molecule has 1 aromatic rings. The zero-order valence-electron chi connectivity index (χ0n) is 14.1. The van der Waals surface area contributed by atoms with Crippen LogP contribution < -0.4 is 5.73 Å². The number of primary amides is 1. The van der Waals surface area contributed by atoms with Crippen LogP contribution in [0.15, 0.2) is 29.2 Å². The third kappa shape index (κ3) is 5.37. The molecule has 13 heteroatoms. The van der Waals surface area contributed by atoms with Crippen molar-refractivity contribution in [3.8, 4) is 0 Å². The lowest BCUT2D eigenvalue weighted by molar-refractivity contribution is -0.384. The van der Waals surface area contributed by atoms with Gasteiger partial charge in [-0.3, -0.25) is 14.9 Å². The molecule has 0 fully saturated rings. The van der Waals surface area contributed by atoms with Crippen molar-refractivity contribution >= 4 is 33.7 Å². The van der Waals surface area contributed by atoms with Crippen molar-refractivity contribution in [3.63, 3.8) is 0 Å². The van der Waals surface area contributed by atoms with Crippen LogP contribution in [-0.4, -0.2) is 53.4 Å². The normalized spacial score (nSPS) is 12.0. The Morgan fingerprint density at radius 1 is 1.30 bits per heavy atom. The molecule has 1 atom stereocenters. The van der Waals surface area contributed by atoms with Crippen molar-refractivity contribution < 1.29 is 37.6 Å². The lowest BCUT2D eigenvalue weighted by Gasteiger charge is -2.27. The first-order chi connectivity index (χ1) is 12.5. The molecular formula is C14H17N3O9S. The number of carbonyl (C=O) groups is 3. The highest BCUT2D eigenvalue weighted by molar-refractivity contribution is 7.89. The largest absolute Gasteiger partial charge is 0.480 e. The monoisotopic (exact) mass is 403 g/mol. The van der Waals surface area contributed by atoms with Crippen LogP contribution in [-0.2, 0) is 24.3 Å². The predicted molar refractivity (Wildman–Crippen MR) is 89.0 cm³/mol. The minimum atomic E-state index is -4.75. The zero-order valence-corrected chi connectivity index (χ0v) is 14.9. The van der Waals surface area contributed by atoms with E-state index in [1.165, 1.54) is 6.92 Å². The summed E-state index contributed by atoms with van der Waals surface area (Å²) in [6, 6.07) is 1.52. The number of nitrogens with zero attached hydrogens (tertiary/aromatic N) is 2. The van der Waals surface area contributed by atoms with E-state index in [0.29, 0.717) is 0 Å². The number of carbonyl (C=O) groups excluding carboxylic acids is 2. The van der Waals surface area contributed by atoms with Crippen molar-refractivity contribution in [3.05, 3.63) is 34.4 Å². The van der Waals surface area contributed by atoms with Gasteiger partial charge in [0, 0.05) is 18.6 Å². The van der Waals surface area contributed by atoms with Crippen LogP contribution in [0.25, 0.3) is 0 Å². The van der Waals surface area contributed by atoms with Crippen molar-refractivity contribution in [2.24, 2.45) is 5.73 Å². The number of hydrogen-bond acceptors (Lipinski definition) is 8. The van der Waals surface area contributed by atoms with Gasteiger partial charge < -0.3 is 15.6 Å². The van der Waals surface area contributed by atoms with Crippen LogP contribution in [0.3, 0.4) is 0 Å². The quantitative estimate of drug-likeness (QED) is 0.436. The smallest absolute Gasteiger partial charge is 0.424 e. The Morgan fingerprint density at radius 3 is 2.26 bits per heavy atom. The molecule has 1 rings (SSSR count). The van der Waals surface area contributed by atoms with Gasteiger partial charge in [-0.1, -0.05) is 0 Å². The van der Waals surface area contributed by atoms with Gasteiger partial charge >= 0.3 is 12.1 Å². The molecular weight excluding hydrogens is 386 g/mol. The number of non-ortho nitro benzene ring substituents is 1. The Labute approximate surface area is 153 Å². The highest BCUT2D eigenvalue weighted by Crippen LogP contribution is 2.24. The second-order valence-corrected chi connectivity index (χ2v) is 6.92. The Hall–Kier alpha value is -3.22. The van der Waals surface area contributed by atoms with E-state index < -0.39 is 62.4 Å². The van der Waals surface area contributed by atoms with E-state index in [9.17, 15) is 38.0 Å². The lowest BCUT2D eigenvalue weighted by Crippen LogP contribution is -2.49. The van der Waals surface area contributed by atoms with Crippen LogP contribution in [0.5, 0.6) is 0 Å². The average Bonchev–Trinajstić information content (AvgIpc) is 2.57. The van der Waals surface area contributed by atoms with Gasteiger partial charge in [0.2, 0.25) is 5.91 Å². The van der Waals surface area contributed by atoms with Crippen LogP contribution in [0.2, 0.25) is 0 Å². The Bertz CT molecular complexity index is 836. The van der Waals surface area contributed by atoms with Gasteiger partial charge in [0.15, 0.2) is 0 Å². The summed E-state index contributed by atoms with van der Waals surface area (Å²) in [6.45, 7) is 1.14. The maximum atomic E-state index is 12.8. The number of hydrogen-bond donors (Lipinski definition) is 2. The number of carboxylic acid groups (broad SMARTS) is 1. The summed E-state index contributed by atoms with van der Waals surface area (Å²) in [5.41, 5.74) is 4.56. The molecule has 0 aromatic heterocycles. The fourth-order valence-electron chi connectivity index (χ4n) is 2.05. The Kier molecular flexibility index (Phi) is 7.22. The van der Waals surface area contributed by atoms with Gasteiger partial charge in [-0.25, -0.2) is 18.0 Å². The molecule has 3 N–H and O–H groups in total. The fraction of sp³-hybridized carbons (Fsp3) is 0.357. The third-order valence-corrected chi connectivity index (χ3v) is 5.07. The maximum absolute atomic E-state index is 12.8. The van der Waals surface area contributed by atoms with Crippen LogP contribution in [0.4, 0.5) is 10.5 Å². The van der Waals surface area contributed by atoms with E-state index in [2.05, 4.69) is 4.74 Å². The molecule has 2 amide bonds. The molecule has 148 valence electrons. The average molecular weight is 403 g/mol. The molecule has 0 saturated heterocycles. The molecule has 0 spiro atoms. The number of ether oxygens (including phenoxy) is 1. The van der Waals surface area contributed by atoms with Gasteiger partial charge in [0.05, 0.1) is 16.4 Å². The van der Waals surface area contributed by atoms with E-state index in [4.69, 9.17) is 5.73 Å². The van der Waals surface area contributed by atoms with E-state index in [1.54, 1.807) is 0 Å². The standard InChI is InChI=1S/C14H17N3O9S/c1-2-26-14(21)16(11(13(19)20)7-8-12(15)18)27(24,25)10-5-3-9(4-6-10)17(22)23/h3-6,11H,2,7-8H2,1H3,(H2,15,18)(H,19,20)/t11-/m0/s1. The van der Waals surface area contributed by atoms with E-state index in [-0.39, 0.29) is 10.9 Å². The van der Waals surface area contributed by atoms with Gasteiger partial charge in [0.25, 0.3) is 15.7 Å². The predicted octanol–water partition coefficient (Wildman–Crippen LogP) is 0.461. The first-order valence-electron chi connectivity index (χ1n) is 7.49.